The third kappa shape index (κ3) is 1.54. The maximum atomic E-state index is 4.58. The lowest BCUT2D eigenvalue weighted by Gasteiger charge is -1.96. The molecule has 0 atom stereocenters. The van der Waals surface area contributed by atoms with E-state index in [1.165, 1.54) is 0 Å². The standard InChI is InChI=1S/C14H10N2/c1-2-4-8-12-11(7-3-1)15-13-9-5-6-10-14(13)16-12/h1-10H/b2-1?,3-1-,4-2-,7-3?,8-4?,11-7+,12-8+. The van der Waals surface area contributed by atoms with Crippen molar-refractivity contribution >= 4 is 23.2 Å². The summed E-state index contributed by atoms with van der Waals surface area (Å²) in [6.45, 7) is 0. The van der Waals surface area contributed by atoms with Crippen LogP contribution in [0.25, 0.3) is 23.2 Å². The summed E-state index contributed by atoms with van der Waals surface area (Å²) < 4.78 is 0. The summed E-state index contributed by atoms with van der Waals surface area (Å²) in [4.78, 5) is 9.17. The van der Waals surface area contributed by atoms with Crippen LogP contribution in [0.15, 0.2) is 48.6 Å². The summed E-state index contributed by atoms with van der Waals surface area (Å²) in [7, 11) is 0. The lowest BCUT2D eigenvalue weighted by molar-refractivity contribution is 1.17. The highest BCUT2D eigenvalue weighted by molar-refractivity contribution is 5.73. The monoisotopic (exact) mass is 206 g/mol. The molecule has 0 spiro atoms. The number of hydrogen-bond donors (Lipinski definition) is 0. The zero-order valence-corrected chi connectivity index (χ0v) is 8.67. The smallest absolute Gasteiger partial charge is 0.0894 e. The van der Waals surface area contributed by atoms with Gasteiger partial charge >= 0.3 is 0 Å². The van der Waals surface area contributed by atoms with Crippen LogP contribution >= 0.6 is 0 Å². The topological polar surface area (TPSA) is 25.8 Å². The van der Waals surface area contributed by atoms with E-state index in [1.54, 1.807) is 0 Å². The SMILES string of the molecule is C1=C\C=c2\nc3ccccc3n\c2=C\C=C/1. The fourth-order valence-corrected chi connectivity index (χ4v) is 1.69. The van der Waals surface area contributed by atoms with Gasteiger partial charge in [0.1, 0.15) is 0 Å². The molecule has 1 aromatic carbocycles. The Hall–Kier alpha value is -2.22. The number of allylic oxidation sites excluding steroid dienone is 4. The van der Waals surface area contributed by atoms with Gasteiger partial charge < -0.3 is 0 Å². The molecule has 0 saturated heterocycles. The zero-order chi connectivity index (χ0) is 10.8. The highest BCUT2D eigenvalue weighted by atomic mass is 14.8. The van der Waals surface area contributed by atoms with Gasteiger partial charge in [0.25, 0.3) is 0 Å². The van der Waals surface area contributed by atoms with Gasteiger partial charge in [-0.15, -0.1) is 0 Å². The van der Waals surface area contributed by atoms with Gasteiger partial charge in [-0.25, -0.2) is 9.97 Å². The number of para-hydroxylation sites is 2. The van der Waals surface area contributed by atoms with E-state index in [1.807, 2.05) is 60.7 Å². The van der Waals surface area contributed by atoms with Crippen LogP contribution in [0, 0.1) is 0 Å². The van der Waals surface area contributed by atoms with Crippen LogP contribution in [0.2, 0.25) is 0 Å². The second-order valence-corrected chi connectivity index (χ2v) is 3.59. The van der Waals surface area contributed by atoms with Crippen molar-refractivity contribution in [3.63, 3.8) is 0 Å². The van der Waals surface area contributed by atoms with Gasteiger partial charge in [0.2, 0.25) is 0 Å². The van der Waals surface area contributed by atoms with Crippen molar-refractivity contribution in [2.45, 2.75) is 0 Å². The zero-order valence-electron chi connectivity index (χ0n) is 8.67. The van der Waals surface area contributed by atoms with Crippen molar-refractivity contribution in [2.75, 3.05) is 0 Å². The normalized spacial score (nSPS) is 21.8. The Bertz CT molecular complexity index is 647. The van der Waals surface area contributed by atoms with Gasteiger partial charge in [0, 0.05) is 0 Å². The molecule has 0 unspecified atom stereocenters. The van der Waals surface area contributed by atoms with Gasteiger partial charge in [-0.3, -0.25) is 0 Å². The minimum atomic E-state index is 0.916. The van der Waals surface area contributed by atoms with Crippen molar-refractivity contribution < 1.29 is 0 Å². The Balaban J connectivity index is 2.47. The van der Waals surface area contributed by atoms with Gasteiger partial charge in [-0.1, -0.05) is 36.4 Å². The van der Waals surface area contributed by atoms with Crippen molar-refractivity contribution in [1.82, 2.24) is 9.97 Å². The molecular weight excluding hydrogens is 196 g/mol. The Morgan fingerprint density at radius 3 is 1.62 bits per heavy atom. The Morgan fingerprint density at radius 1 is 0.625 bits per heavy atom. The van der Waals surface area contributed by atoms with E-state index < -0.39 is 0 Å². The van der Waals surface area contributed by atoms with Gasteiger partial charge in [-0.05, 0) is 24.3 Å². The second kappa shape index (κ2) is 3.74. The molecule has 1 aromatic heterocycles. The average molecular weight is 206 g/mol. The van der Waals surface area contributed by atoms with E-state index in [0.29, 0.717) is 0 Å². The van der Waals surface area contributed by atoms with Crippen molar-refractivity contribution in [1.29, 1.82) is 0 Å². The number of fused-ring (bicyclic) bond motifs is 2. The van der Waals surface area contributed by atoms with E-state index in [9.17, 15) is 0 Å². The molecule has 0 amide bonds. The summed E-state index contributed by atoms with van der Waals surface area (Å²) in [6, 6.07) is 7.92. The minimum absolute atomic E-state index is 0.916. The predicted molar refractivity (Wildman–Crippen MR) is 66.0 cm³/mol. The first-order valence-corrected chi connectivity index (χ1v) is 5.22. The first-order chi connectivity index (χ1) is 7.93. The number of nitrogens with zero attached hydrogens (tertiary/aromatic N) is 2. The average Bonchev–Trinajstić information content (AvgIpc) is 2.29. The molecular formula is C14H10N2. The summed E-state index contributed by atoms with van der Waals surface area (Å²) in [5, 5.41) is 1.83. The molecule has 76 valence electrons. The van der Waals surface area contributed by atoms with Crippen LogP contribution in [0.5, 0.6) is 0 Å². The van der Waals surface area contributed by atoms with Gasteiger partial charge in [0.15, 0.2) is 0 Å². The van der Waals surface area contributed by atoms with E-state index in [4.69, 9.17) is 0 Å². The highest BCUT2D eigenvalue weighted by Gasteiger charge is 1.95. The second-order valence-electron chi connectivity index (χ2n) is 3.59. The van der Waals surface area contributed by atoms with Crippen LogP contribution in [-0.4, -0.2) is 9.97 Å². The number of rotatable bonds is 0. The third-order valence-corrected chi connectivity index (χ3v) is 2.47. The van der Waals surface area contributed by atoms with Crippen LogP contribution in [0.3, 0.4) is 0 Å². The van der Waals surface area contributed by atoms with E-state index in [0.717, 1.165) is 21.7 Å². The molecule has 0 bridgehead atoms. The molecule has 16 heavy (non-hydrogen) atoms. The lowest BCUT2D eigenvalue weighted by atomic mass is 10.2. The van der Waals surface area contributed by atoms with E-state index >= 15 is 0 Å². The number of benzene rings is 1. The molecule has 2 heteroatoms. The minimum Gasteiger partial charge on any atom is -0.245 e. The molecule has 1 heterocycles. The fourth-order valence-electron chi connectivity index (χ4n) is 1.69. The molecule has 3 rings (SSSR count). The first-order valence-electron chi connectivity index (χ1n) is 5.22. The van der Waals surface area contributed by atoms with E-state index in [2.05, 4.69) is 9.97 Å². The molecule has 0 fully saturated rings. The van der Waals surface area contributed by atoms with Crippen molar-refractivity contribution in [2.24, 2.45) is 0 Å². The van der Waals surface area contributed by atoms with Crippen molar-refractivity contribution in [3.8, 4) is 0 Å². The molecule has 0 aliphatic heterocycles. The fraction of sp³-hybridized carbons (Fsp3) is 0. The summed E-state index contributed by atoms with van der Waals surface area (Å²) >= 11 is 0. The Morgan fingerprint density at radius 2 is 1.12 bits per heavy atom. The quantitative estimate of drug-likeness (QED) is 0.649. The first kappa shape index (κ1) is 9.04. The Kier molecular flexibility index (Phi) is 2.11. The third-order valence-electron chi connectivity index (χ3n) is 2.47. The van der Waals surface area contributed by atoms with Crippen LogP contribution in [0.4, 0.5) is 0 Å². The molecule has 0 saturated carbocycles. The van der Waals surface area contributed by atoms with Gasteiger partial charge in [0.05, 0.1) is 21.7 Å². The molecule has 0 radical (unpaired) electrons. The summed E-state index contributed by atoms with van der Waals surface area (Å²) in [6.07, 6.45) is 11.9. The molecule has 2 aromatic rings. The molecule has 1 aliphatic rings. The molecule has 1 aliphatic carbocycles. The van der Waals surface area contributed by atoms with Crippen LogP contribution < -0.4 is 10.7 Å². The molecule has 0 N–H and O–H groups in total. The van der Waals surface area contributed by atoms with Crippen LogP contribution in [0.1, 0.15) is 0 Å². The molecule has 2 nitrogen and oxygen atoms in total. The number of aromatic nitrogens is 2. The predicted octanol–water partition coefficient (Wildman–Crippen LogP) is 1.32. The maximum Gasteiger partial charge on any atom is 0.0894 e. The lowest BCUT2D eigenvalue weighted by Crippen LogP contribution is -2.31. The number of hydrogen-bond acceptors (Lipinski definition) is 2. The Labute approximate surface area is 93.0 Å². The summed E-state index contributed by atoms with van der Waals surface area (Å²) in [5.41, 5.74) is 1.87. The van der Waals surface area contributed by atoms with Gasteiger partial charge in [-0.2, -0.15) is 0 Å². The summed E-state index contributed by atoms with van der Waals surface area (Å²) in [5.74, 6) is 0. The highest BCUT2D eigenvalue weighted by Crippen LogP contribution is 2.02. The van der Waals surface area contributed by atoms with Crippen molar-refractivity contribution in [3.05, 3.63) is 59.3 Å². The maximum absolute atomic E-state index is 4.58. The largest absolute Gasteiger partial charge is 0.245 e. The van der Waals surface area contributed by atoms with Crippen LogP contribution in [-0.2, 0) is 0 Å². The van der Waals surface area contributed by atoms with E-state index in [-0.39, 0.29) is 0 Å².